The van der Waals surface area contributed by atoms with E-state index < -0.39 is 0 Å². The molecule has 3 heterocycles. The molecule has 1 spiro atoms. The minimum Gasteiger partial charge on any atom is -0.493 e. The molecule has 0 bridgehead atoms. The molecule has 24 heavy (non-hydrogen) atoms. The number of hydrogen-bond acceptors (Lipinski definition) is 3. The molecule has 3 aliphatic heterocycles. The summed E-state index contributed by atoms with van der Waals surface area (Å²) in [6, 6.07) is 6.45. The van der Waals surface area contributed by atoms with E-state index in [1.54, 1.807) is 0 Å². The van der Waals surface area contributed by atoms with E-state index in [1.807, 2.05) is 4.90 Å². The summed E-state index contributed by atoms with van der Waals surface area (Å²) in [6.07, 6.45) is 5.16. The maximum absolute atomic E-state index is 12.4. The molecule has 2 fully saturated rings. The van der Waals surface area contributed by atoms with Crippen molar-refractivity contribution in [3.05, 3.63) is 29.3 Å². The van der Waals surface area contributed by atoms with E-state index in [9.17, 15) is 4.79 Å². The van der Waals surface area contributed by atoms with Gasteiger partial charge in [-0.2, -0.15) is 0 Å². The largest absolute Gasteiger partial charge is 0.493 e. The second-order valence-electron chi connectivity index (χ2n) is 7.31. The van der Waals surface area contributed by atoms with E-state index in [2.05, 4.69) is 23.5 Å². The lowest BCUT2D eigenvalue weighted by Crippen LogP contribution is -2.41. The number of carbonyl (C=O) groups excluding carboxylic acids is 1. The summed E-state index contributed by atoms with van der Waals surface area (Å²) >= 11 is 0. The van der Waals surface area contributed by atoms with Crippen LogP contribution in [0.1, 0.15) is 30.4 Å². The first-order valence-electron chi connectivity index (χ1n) is 9.09. The van der Waals surface area contributed by atoms with Crippen molar-refractivity contribution in [3.8, 4) is 5.75 Å². The molecular formula is C19H26N2O3. The number of carbonyl (C=O) groups is 1. The Morgan fingerprint density at radius 3 is 2.96 bits per heavy atom. The highest BCUT2D eigenvalue weighted by molar-refractivity contribution is 5.74. The topological polar surface area (TPSA) is 50.8 Å². The van der Waals surface area contributed by atoms with Gasteiger partial charge in [-0.25, -0.2) is 4.79 Å². The van der Waals surface area contributed by atoms with Gasteiger partial charge in [0.2, 0.25) is 0 Å². The Kier molecular flexibility index (Phi) is 4.35. The normalized spacial score (nSPS) is 21.6. The molecular weight excluding hydrogens is 304 g/mol. The molecule has 2 saturated heterocycles. The van der Waals surface area contributed by atoms with Crippen LogP contribution < -0.4 is 10.1 Å². The summed E-state index contributed by atoms with van der Waals surface area (Å²) in [6.45, 7) is 4.93. The lowest BCUT2D eigenvalue weighted by atomic mass is 9.80. The SMILES string of the molecule is O=C(NCCc1ccc2c(c1)CCO2)N1CCC2(CCOCC2)C1. The molecule has 1 aromatic carbocycles. The number of benzene rings is 1. The van der Waals surface area contributed by atoms with E-state index in [4.69, 9.17) is 9.47 Å². The van der Waals surface area contributed by atoms with Crippen LogP contribution in [0.4, 0.5) is 4.79 Å². The van der Waals surface area contributed by atoms with Crippen molar-refractivity contribution in [1.29, 1.82) is 0 Å². The van der Waals surface area contributed by atoms with Gasteiger partial charge in [-0.05, 0) is 48.3 Å². The summed E-state index contributed by atoms with van der Waals surface area (Å²) < 4.78 is 11.0. The molecule has 130 valence electrons. The van der Waals surface area contributed by atoms with Crippen LogP contribution in [0.25, 0.3) is 0 Å². The molecule has 5 nitrogen and oxygen atoms in total. The Morgan fingerprint density at radius 1 is 1.21 bits per heavy atom. The van der Waals surface area contributed by atoms with Gasteiger partial charge in [0.1, 0.15) is 5.75 Å². The zero-order chi connectivity index (χ0) is 16.4. The zero-order valence-corrected chi connectivity index (χ0v) is 14.2. The van der Waals surface area contributed by atoms with Crippen LogP contribution >= 0.6 is 0 Å². The Bertz CT molecular complexity index is 611. The fraction of sp³-hybridized carbons (Fsp3) is 0.632. The summed E-state index contributed by atoms with van der Waals surface area (Å²) in [5.74, 6) is 1.02. The van der Waals surface area contributed by atoms with Crippen molar-refractivity contribution >= 4 is 6.03 Å². The Labute approximate surface area is 143 Å². The Balaban J connectivity index is 1.25. The molecule has 5 heteroatoms. The number of nitrogens with one attached hydrogen (secondary N) is 1. The van der Waals surface area contributed by atoms with Crippen molar-refractivity contribution < 1.29 is 14.3 Å². The number of fused-ring (bicyclic) bond motifs is 1. The van der Waals surface area contributed by atoms with Gasteiger partial charge in [-0.1, -0.05) is 12.1 Å². The molecule has 0 radical (unpaired) electrons. The van der Waals surface area contributed by atoms with Gasteiger partial charge < -0.3 is 19.7 Å². The van der Waals surface area contributed by atoms with Crippen molar-refractivity contribution in [1.82, 2.24) is 10.2 Å². The minimum absolute atomic E-state index is 0.0860. The number of likely N-dealkylation sites (tertiary alicyclic amines) is 1. The molecule has 0 saturated carbocycles. The molecule has 0 aliphatic carbocycles. The summed E-state index contributed by atoms with van der Waals surface area (Å²) in [7, 11) is 0. The maximum Gasteiger partial charge on any atom is 0.317 e. The number of rotatable bonds is 3. The van der Waals surface area contributed by atoms with Gasteiger partial charge in [-0.15, -0.1) is 0 Å². The highest BCUT2D eigenvalue weighted by atomic mass is 16.5. The van der Waals surface area contributed by atoms with Crippen LogP contribution in [0.2, 0.25) is 0 Å². The van der Waals surface area contributed by atoms with Crippen molar-refractivity contribution in [2.75, 3.05) is 39.5 Å². The molecule has 0 aromatic heterocycles. The summed E-state index contributed by atoms with van der Waals surface area (Å²) in [5.41, 5.74) is 2.87. The van der Waals surface area contributed by atoms with Crippen LogP contribution in [0, 0.1) is 5.41 Å². The highest BCUT2D eigenvalue weighted by Gasteiger charge is 2.40. The second kappa shape index (κ2) is 6.63. The summed E-state index contributed by atoms with van der Waals surface area (Å²) in [4.78, 5) is 14.4. The van der Waals surface area contributed by atoms with E-state index in [-0.39, 0.29) is 6.03 Å². The number of ether oxygens (including phenoxy) is 2. The van der Waals surface area contributed by atoms with Gasteiger partial charge in [0.25, 0.3) is 0 Å². The number of hydrogen-bond donors (Lipinski definition) is 1. The third kappa shape index (κ3) is 3.22. The van der Waals surface area contributed by atoms with Crippen LogP contribution in [0.15, 0.2) is 18.2 Å². The average molecular weight is 330 g/mol. The minimum atomic E-state index is 0.0860. The Hall–Kier alpha value is -1.75. The van der Waals surface area contributed by atoms with Crippen molar-refractivity contribution in [2.45, 2.75) is 32.1 Å². The van der Waals surface area contributed by atoms with Gasteiger partial charge in [0, 0.05) is 39.3 Å². The number of nitrogens with zero attached hydrogens (tertiary/aromatic N) is 1. The maximum atomic E-state index is 12.4. The quantitative estimate of drug-likeness (QED) is 0.926. The standard InChI is InChI=1S/C19H26N2O3/c22-18(21-9-5-19(14-21)6-11-23-12-7-19)20-8-3-15-1-2-17-16(13-15)4-10-24-17/h1-2,13H,3-12,14H2,(H,20,22). The van der Waals surface area contributed by atoms with E-state index in [0.29, 0.717) is 12.0 Å². The average Bonchev–Trinajstić information content (AvgIpc) is 3.22. The van der Waals surface area contributed by atoms with E-state index >= 15 is 0 Å². The van der Waals surface area contributed by atoms with E-state index in [1.165, 1.54) is 11.1 Å². The Morgan fingerprint density at radius 2 is 2.08 bits per heavy atom. The third-order valence-electron chi connectivity index (χ3n) is 5.72. The molecule has 2 amide bonds. The fourth-order valence-electron chi connectivity index (χ4n) is 4.14. The molecule has 1 N–H and O–H groups in total. The van der Waals surface area contributed by atoms with Crippen LogP contribution in [-0.2, 0) is 17.6 Å². The van der Waals surface area contributed by atoms with Gasteiger partial charge >= 0.3 is 6.03 Å². The fourth-order valence-corrected chi connectivity index (χ4v) is 4.14. The zero-order valence-electron chi connectivity index (χ0n) is 14.2. The van der Waals surface area contributed by atoms with Gasteiger partial charge in [0.05, 0.1) is 6.61 Å². The van der Waals surface area contributed by atoms with Crippen molar-refractivity contribution in [2.24, 2.45) is 5.41 Å². The van der Waals surface area contributed by atoms with Crippen LogP contribution in [-0.4, -0.2) is 50.4 Å². The number of urea groups is 1. The lowest BCUT2D eigenvalue weighted by Gasteiger charge is -2.33. The van der Waals surface area contributed by atoms with Crippen LogP contribution in [0.5, 0.6) is 5.75 Å². The molecule has 1 aromatic rings. The first-order chi connectivity index (χ1) is 11.7. The smallest absolute Gasteiger partial charge is 0.317 e. The summed E-state index contributed by atoms with van der Waals surface area (Å²) in [5, 5.41) is 3.09. The third-order valence-corrected chi connectivity index (χ3v) is 5.72. The molecule has 0 atom stereocenters. The van der Waals surface area contributed by atoms with Crippen LogP contribution in [0.3, 0.4) is 0 Å². The molecule has 3 aliphatic rings. The van der Waals surface area contributed by atoms with Gasteiger partial charge in [-0.3, -0.25) is 0 Å². The first kappa shape index (κ1) is 15.8. The predicted octanol–water partition coefficient (Wildman–Crippen LogP) is 2.38. The highest BCUT2D eigenvalue weighted by Crippen LogP contribution is 2.39. The second-order valence-corrected chi connectivity index (χ2v) is 7.31. The van der Waals surface area contributed by atoms with Gasteiger partial charge in [0.15, 0.2) is 0 Å². The van der Waals surface area contributed by atoms with E-state index in [0.717, 1.165) is 70.8 Å². The first-order valence-corrected chi connectivity index (χ1v) is 9.09. The van der Waals surface area contributed by atoms with Crippen molar-refractivity contribution in [3.63, 3.8) is 0 Å². The number of amides is 2. The predicted molar refractivity (Wildman–Crippen MR) is 91.4 cm³/mol. The lowest BCUT2D eigenvalue weighted by molar-refractivity contribution is 0.0209. The molecule has 0 unspecified atom stereocenters. The monoisotopic (exact) mass is 330 g/mol. The molecule has 4 rings (SSSR count).